The molecule has 168 valence electrons. The number of ether oxygens (including phenoxy) is 1. The highest BCUT2D eigenvalue weighted by Gasteiger charge is 2.28. The summed E-state index contributed by atoms with van der Waals surface area (Å²) in [5, 5.41) is 6.04. The monoisotopic (exact) mass is 437 g/mol. The molecule has 2 aliphatic heterocycles. The van der Waals surface area contributed by atoms with Crippen molar-refractivity contribution in [3.05, 3.63) is 70.5 Å². The van der Waals surface area contributed by atoms with Crippen LogP contribution in [-0.2, 0) is 17.8 Å². The number of nitrogens with one attached hydrogen (secondary N) is 2. The van der Waals surface area contributed by atoms with E-state index >= 15 is 0 Å². The van der Waals surface area contributed by atoms with E-state index in [-0.39, 0.29) is 17.6 Å². The zero-order chi connectivity index (χ0) is 22.9. The quantitative estimate of drug-likeness (QED) is 0.730. The lowest BCUT2D eigenvalue weighted by Gasteiger charge is -2.24. The van der Waals surface area contributed by atoms with Gasteiger partial charge in [-0.15, -0.1) is 0 Å². The Bertz CT molecular complexity index is 1090. The third kappa shape index (κ3) is 4.99. The Hall–Kier alpha value is -3.19. The molecule has 7 heteroatoms. The van der Waals surface area contributed by atoms with Crippen molar-refractivity contribution in [2.24, 2.45) is 0 Å². The molecule has 0 fully saturated rings. The number of carbonyl (C=O) groups is 2. The lowest BCUT2D eigenvalue weighted by atomic mass is 9.98. The van der Waals surface area contributed by atoms with Crippen molar-refractivity contribution in [2.45, 2.75) is 45.9 Å². The molecule has 0 spiro atoms. The molecule has 2 amide bonds. The van der Waals surface area contributed by atoms with Gasteiger partial charge in [0.05, 0.1) is 0 Å². The van der Waals surface area contributed by atoms with Crippen molar-refractivity contribution in [3.63, 3.8) is 0 Å². The van der Waals surface area contributed by atoms with Crippen LogP contribution in [0.3, 0.4) is 0 Å². The van der Waals surface area contributed by atoms with Gasteiger partial charge in [0.15, 0.2) is 0 Å². The summed E-state index contributed by atoms with van der Waals surface area (Å²) in [5.41, 5.74) is 3.78. The van der Waals surface area contributed by atoms with E-state index in [9.17, 15) is 14.0 Å². The van der Waals surface area contributed by atoms with Gasteiger partial charge in [-0.3, -0.25) is 9.69 Å². The molecule has 0 unspecified atom stereocenters. The van der Waals surface area contributed by atoms with E-state index in [0.29, 0.717) is 24.3 Å². The number of hydrogen-bond donors (Lipinski definition) is 2. The number of amides is 2. The van der Waals surface area contributed by atoms with E-state index < -0.39 is 11.4 Å². The summed E-state index contributed by atoms with van der Waals surface area (Å²) in [5.74, 6) is -0.774. The summed E-state index contributed by atoms with van der Waals surface area (Å²) in [4.78, 5) is 26.7. The maximum Gasteiger partial charge on any atom is 0.410 e. The average molecular weight is 438 g/mol. The second-order valence-corrected chi connectivity index (χ2v) is 9.15. The van der Waals surface area contributed by atoms with Crippen LogP contribution in [0, 0.1) is 5.82 Å². The molecule has 6 nitrogen and oxygen atoms in total. The molecular formula is C25H28FN3O3. The van der Waals surface area contributed by atoms with E-state index in [0.717, 1.165) is 36.2 Å². The van der Waals surface area contributed by atoms with Gasteiger partial charge in [-0.25, -0.2) is 9.18 Å². The van der Waals surface area contributed by atoms with Crippen LogP contribution in [0.25, 0.3) is 5.57 Å². The van der Waals surface area contributed by atoms with Gasteiger partial charge in [-0.1, -0.05) is 18.2 Å². The standard InChI is InChI=1S/C25H28FN3O3/c1-25(2,3)32-24(31)29-14-18-4-6-20(12-19(18)15-29)28-23(30)17-5-7-21(22(26)13-17)16-8-10-27-11-9-16/h4-8,12-13,27H,9-11,14-15H2,1-3H3,(H,28,30). The highest BCUT2D eigenvalue weighted by Crippen LogP contribution is 2.28. The first-order valence-corrected chi connectivity index (χ1v) is 10.8. The Morgan fingerprint density at radius 1 is 1.09 bits per heavy atom. The summed E-state index contributed by atoms with van der Waals surface area (Å²) in [6, 6.07) is 10.1. The van der Waals surface area contributed by atoms with Gasteiger partial charge in [0.25, 0.3) is 5.91 Å². The van der Waals surface area contributed by atoms with Gasteiger partial charge in [-0.05, 0) is 74.7 Å². The van der Waals surface area contributed by atoms with Gasteiger partial charge in [0, 0.05) is 36.4 Å². The molecule has 32 heavy (non-hydrogen) atoms. The third-order valence-corrected chi connectivity index (χ3v) is 5.48. The molecule has 4 rings (SSSR count). The van der Waals surface area contributed by atoms with Crippen molar-refractivity contribution < 1.29 is 18.7 Å². The molecule has 0 radical (unpaired) electrons. The fourth-order valence-corrected chi connectivity index (χ4v) is 3.92. The molecule has 0 bridgehead atoms. The van der Waals surface area contributed by atoms with Crippen molar-refractivity contribution >= 4 is 23.3 Å². The molecule has 2 N–H and O–H groups in total. The van der Waals surface area contributed by atoms with Crippen LogP contribution < -0.4 is 10.6 Å². The minimum atomic E-state index is -0.555. The summed E-state index contributed by atoms with van der Waals surface area (Å²) in [6.07, 6.45) is 2.38. The first-order valence-electron chi connectivity index (χ1n) is 10.8. The Kier molecular flexibility index (Phi) is 6.02. The van der Waals surface area contributed by atoms with Gasteiger partial charge in [0.2, 0.25) is 0 Å². The number of carbonyl (C=O) groups excluding carboxylic acids is 2. The Labute approximate surface area is 187 Å². The van der Waals surface area contributed by atoms with Gasteiger partial charge < -0.3 is 15.4 Å². The molecule has 0 saturated carbocycles. The maximum absolute atomic E-state index is 14.7. The van der Waals surface area contributed by atoms with E-state index in [1.54, 1.807) is 23.1 Å². The first-order chi connectivity index (χ1) is 15.2. The van der Waals surface area contributed by atoms with E-state index in [4.69, 9.17) is 4.74 Å². The molecule has 2 aliphatic rings. The predicted molar refractivity (Wildman–Crippen MR) is 122 cm³/mol. The number of benzene rings is 2. The summed E-state index contributed by atoms with van der Waals surface area (Å²) in [7, 11) is 0. The highest BCUT2D eigenvalue weighted by molar-refractivity contribution is 6.04. The number of nitrogens with zero attached hydrogens (tertiary/aromatic N) is 1. The number of hydrogen-bond acceptors (Lipinski definition) is 4. The van der Waals surface area contributed by atoms with Crippen LogP contribution >= 0.6 is 0 Å². The van der Waals surface area contributed by atoms with E-state index in [2.05, 4.69) is 10.6 Å². The summed E-state index contributed by atoms with van der Waals surface area (Å²) in [6.45, 7) is 7.93. The lowest BCUT2D eigenvalue weighted by molar-refractivity contribution is 0.0241. The largest absolute Gasteiger partial charge is 0.444 e. The normalized spacial score (nSPS) is 15.8. The van der Waals surface area contributed by atoms with Gasteiger partial charge >= 0.3 is 6.09 Å². The zero-order valence-electron chi connectivity index (χ0n) is 18.6. The number of rotatable bonds is 3. The van der Waals surface area contributed by atoms with Crippen LogP contribution in [0.15, 0.2) is 42.5 Å². The van der Waals surface area contributed by atoms with Crippen molar-refractivity contribution in [2.75, 3.05) is 18.4 Å². The second-order valence-electron chi connectivity index (χ2n) is 9.15. The predicted octanol–water partition coefficient (Wildman–Crippen LogP) is 4.71. The molecule has 0 saturated heterocycles. The fraction of sp³-hybridized carbons (Fsp3) is 0.360. The second kappa shape index (κ2) is 8.74. The highest BCUT2D eigenvalue weighted by atomic mass is 19.1. The maximum atomic E-state index is 14.7. The number of anilines is 1. The minimum Gasteiger partial charge on any atom is -0.444 e. The molecule has 0 aliphatic carbocycles. The first kappa shape index (κ1) is 22.0. The van der Waals surface area contributed by atoms with Crippen molar-refractivity contribution in [3.8, 4) is 0 Å². The molecule has 2 heterocycles. The van der Waals surface area contributed by atoms with Crippen LogP contribution in [0.5, 0.6) is 0 Å². The number of fused-ring (bicyclic) bond motifs is 1. The number of halogens is 1. The smallest absolute Gasteiger partial charge is 0.410 e. The topological polar surface area (TPSA) is 70.7 Å². The van der Waals surface area contributed by atoms with Crippen molar-refractivity contribution in [1.82, 2.24) is 10.2 Å². The van der Waals surface area contributed by atoms with E-state index in [1.807, 2.05) is 39.0 Å². The third-order valence-electron chi connectivity index (χ3n) is 5.48. The van der Waals surface area contributed by atoms with Crippen LogP contribution in [-0.4, -0.2) is 35.6 Å². The zero-order valence-corrected chi connectivity index (χ0v) is 18.6. The van der Waals surface area contributed by atoms with Crippen molar-refractivity contribution in [1.29, 1.82) is 0 Å². The summed E-state index contributed by atoms with van der Waals surface area (Å²) < 4.78 is 20.1. The molecule has 0 atom stereocenters. The lowest BCUT2D eigenvalue weighted by Crippen LogP contribution is -2.33. The SMILES string of the molecule is CC(C)(C)OC(=O)N1Cc2ccc(NC(=O)c3ccc(C4=CCNCC4)c(F)c3)cc2C1. The van der Waals surface area contributed by atoms with Crippen LogP contribution in [0.2, 0.25) is 0 Å². The minimum absolute atomic E-state index is 0.261. The van der Waals surface area contributed by atoms with E-state index in [1.165, 1.54) is 6.07 Å². The van der Waals surface area contributed by atoms with Crippen LogP contribution in [0.1, 0.15) is 54.2 Å². The molecule has 2 aromatic rings. The average Bonchev–Trinajstić information content (AvgIpc) is 3.17. The van der Waals surface area contributed by atoms with Gasteiger partial charge in [-0.2, -0.15) is 0 Å². The van der Waals surface area contributed by atoms with Gasteiger partial charge in [0.1, 0.15) is 11.4 Å². The fourth-order valence-electron chi connectivity index (χ4n) is 3.92. The molecule has 0 aromatic heterocycles. The molecular weight excluding hydrogens is 409 g/mol. The Morgan fingerprint density at radius 2 is 1.88 bits per heavy atom. The molecule has 2 aromatic carbocycles. The summed E-state index contributed by atoms with van der Waals surface area (Å²) >= 11 is 0. The Morgan fingerprint density at radius 3 is 2.56 bits per heavy atom. The van der Waals surface area contributed by atoms with Crippen LogP contribution in [0.4, 0.5) is 14.9 Å². The Balaban J connectivity index is 1.43.